The quantitative estimate of drug-likeness (QED) is 0.203. The lowest BCUT2D eigenvalue weighted by Gasteiger charge is -2.20. The molecule has 0 heterocycles. The number of rotatable bonds is 14. The SMILES string of the molecule is Cc1ccc(S(=O)(=O)NC(Cc2ccc(OC(F)C(=O)[O-])c(N)c2)C(=O)NCCCCc2ccccc2)cc1. The van der Waals surface area contributed by atoms with Crippen molar-refractivity contribution in [2.45, 2.75) is 49.9 Å². The zero-order chi connectivity index (χ0) is 28.4. The number of halogens is 1. The van der Waals surface area contributed by atoms with E-state index in [1.807, 2.05) is 37.3 Å². The fourth-order valence-electron chi connectivity index (χ4n) is 3.82. The van der Waals surface area contributed by atoms with Gasteiger partial charge in [0.1, 0.15) is 17.8 Å². The first-order valence-electron chi connectivity index (χ1n) is 12.4. The molecule has 0 saturated heterocycles. The number of aryl methyl sites for hydroxylation is 2. The number of nitrogen functional groups attached to an aromatic ring is 1. The highest BCUT2D eigenvalue weighted by Gasteiger charge is 2.26. The summed E-state index contributed by atoms with van der Waals surface area (Å²) in [4.78, 5) is 23.7. The number of nitrogens with two attached hydrogens (primary N) is 1. The van der Waals surface area contributed by atoms with E-state index in [0.29, 0.717) is 18.5 Å². The van der Waals surface area contributed by atoms with Gasteiger partial charge >= 0.3 is 0 Å². The van der Waals surface area contributed by atoms with Crippen LogP contribution in [0.2, 0.25) is 0 Å². The van der Waals surface area contributed by atoms with E-state index in [9.17, 15) is 27.5 Å². The van der Waals surface area contributed by atoms with Gasteiger partial charge in [0.05, 0.1) is 10.6 Å². The van der Waals surface area contributed by atoms with Crippen LogP contribution in [-0.4, -0.2) is 39.2 Å². The number of alkyl halides is 1. The molecule has 0 bridgehead atoms. The maximum absolute atomic E-state index is 13.4. The van der Waals surface area contributed by atoms with Crippen LogP contribution in [0.25, 0.3) is 0 Å². The third-order valence-electron chi connectivity index (χ3n) is 5.91. The molecule has 11 heteroatoms. The molecular formula is C28H31FN3O6S-. The summed E-state index contributed by atoms with van der Waals surface area (Å²) < 4.78 is 46.6. The zero-order valence-electron chi connectivity index (χ0n) is 21.4. The lowest BCUT2D eigenvalue weighted by molar-refractivity contribution is -0.320. The van der Waals surface area contributed by atoms with Crippen LogP contribution in [0.4, 0.5) is 10.1 Å². The minimum absolute atomic E-state index is 0.00768. The maximum atomic E-state index is 13.4. The molecule has 3 rings (SSSR count). The predicted octanol–water partition coefficient (Wildman–Crippen LogP) is 2.03. The number of unbranched alkanes of at least 4 members (excludes halogenated alkanes) is 1. The fraction of sp³-hybridized carbons (Fsp3) is 0.286. The van der Waals surface area contributed by atoms with Crippen molar-refractivity contribution in [3.63, 3.8) is 0 Å². The number of nitrogens with one attached hydrogen (secondary N) is 2. The molecule has 0 aliphatic heterocycles. The van der Waals surface area contributed by atoms with E-state index < -0.39 is 34.3 Å². The molecule has 2 atom stereocenters. The number of carbonyl (C=O) groups is 2. The molecule has 9 nitrogen and oxygen atoms in total. The molecule has 4 N–H and O–H groups in total. The second kappa shape index (κ2) is 13.7. The molecular weight excluding hydrogens is 525 g/mol. The highest BCUT2D eigenvalue weighted by atomic mass is 32.2. The number of amides is 1. The minimum Gasteiger partial charge on any atom is -0.543 e. The van der Waals surface area contributed by atoms with Crippen molar-refractivity contribution in [2.24, 2.45) is 0 Å². The molecule has 0 spiro atoms. The first-order valence-corrected chi connectivity index (χ1v) is 13.8. The van der Waals surface area contributed by atoms with Crippen LogP contribution >= 0.6 is 0 Å². The summed E-state index contributed by atoms with van der Waals surface area (Å²) in [5, 5.41) is 13.4. The summed E-state index contributed by atoms with van der Waals surface area (Å²) >= 11 is 0. The number of hydrogen-bond donors (Lipinski definition) is 3. The molecule has 2 unspecified atom stereocenters. The second-order valence-corrected chi connectivity index (χ2v) is 10.8. The Hall–Kier alpha value is -3.96. The van der Waals surface area contributed by atoms with Crippen molar-refractivity contribution in [3.8, 4) is 5.75 Å². The van der Waals surface area contributed by atoms with Gasteiger partial charge in [0.25, 0.3) is 6.36 Å². The molecule has 0 radical (unpaired) electrons. The number of benzene rings is 3. The van der Waals surface area contributed by atoms with Crippen molar-refractivity contribution in [1.29, 1.82) is 0 Å². The van der Waals surface area contributed by atoms with Gasteiger partial charge in [0.15, 0.2) is 0 Å². The van der Waals surface area contributed by atoms with Gasteiger partial charge in [-0.15, -0.1) is 0 Å². The minimum atomic E-state index is -4.04. The first kappa shape index (κ1) is 29.6. The number of carboxylic acid groups (broad SMARTS) is 1. The average molecular weight is 557 g/mol. The third kappa shape index (κ3) is 9.08. The number of hydrogen-bond acceptors (Lipinski definition) is 7. The van der Waals surface area contributed by atoms with Gasteiger partial charge in [-0.2, -0.15) is 9.11 Å². The van der Waals surface area contributed by atoms with Crippen LogP contribution in [0.3, 0.4) is 0 Å². The smallest absolute Gasteiger partial charge is 0.278 e. The Morgan fingerprint density at radius 3 is 2.33 bits per heavy atom. The predicted molar refractivity (Wildman–Crippen MR) is 143 cm³/mol. The normalized spacial score (nSPS) is 12.9. The molecule has 0 aromatic heterocycles. The Balaban J connectivity index is 1.70. The van der Waals surface area contributed by atoms with Gasteiger partial charge in [-0.05, 0) is 68.0 Å². The highest BCUT2D eigenvalue weighted by molar-refractivity contribution is 7.89. The van der Waals surface area contributed by atoms with E-state index in [1.165, 1.54) is 35.9 Å². The van der Waals surface area contributed by atoms with E-state index in [0.717, 1.165) is 18.4 Å². The van der Waals surface area contributed by atoms with Crippen LogP contribution < -0.4 is 25.6 Å². The van der Waals surface area contributed by atoms with Gasteiger partial charge in [-0.1, -0.05) is 54.1 Å². The third-order valence-corrected chi connectivity index (χ3v) is 7.40. The Morgan fingerprint density at radius 2 is 1.69 bits per heavy atom. The summed E-state index contributed by atoms with van der Waals surface area (Å²) in [6.45, 7) is 2.18. The average Bonchev–Trinajstić information content (AvgIpc) is 2.90. The molecule has 0 saturated carbocycles. The van der Waals surface area contributed by atoms with Gasteiger partial charge in [0, 0.05) is 6.54 Å². The highest BCUT2D eigenvalue weighted by Crippen LogP contribution is 2.25. The Labute approximate surface area is 227 Å². The van der Waals surface area contributed by atoms with E-state index >= 15 is 0 Å². The Morgan fingerprint density at radius 1 is 1.00 bits per heavy atom. The number of anilines is 1. The topological polar surface area (TPSA) is 151 Å². The van der Waals surface area contributed by atoms with Crippen molar-refractivity contribution >= 4 is 27.6 Å². The Kier molecular flexibility index (Phi) is 10.4. The summed E-state index contributed by atoms with van der Waals surface area (Å²) in [6, 6.07) is 19.0. The number of aliphatic carboxylic acids is 1. The van der Waals surface area contributed by atoms with Crippen LogP contribution in [0, 0.1) is 6.92 Å². The van der Waals surface area contributed by atoms with Crippen molar-refractivity contribution in [2.75, 3.05) is 12.3 Å². The van der Waals surface area contributed by atoms with Crippen molar-refractivity contribution < 1.29 is 32.2 Å². The molecule has 3 aromatic rings. The van der Waals surface area contributed by atoms with E-state index in [1.54, 1.807) is 12.1 Å². The molecule has 0 fully saturated rings. The first-order chi connectivity index (χ1) is 18.5. The van der Waals surface area contributed by atoms with E-state index in [2.05, 4.69) is 14.8 Å². The van der Waals surface area contributed by atoms with Gasteiger partial charge in [0.2, 0.25) is 15.9 Å². The van der Waals surface area contributed by atoms with Gasteiger partial charge in [-0.25, -0.2) is 8.42 Å². The van der Waals surface area contributed by atoms with Crippen LogP contribution in [0.15, 0.2) is 77.7 Å². The lowest BCUT2D eigenvalue weighted by atomic mass is 10.0. The summed E-state index contributed by atoms with van der Waals surface area (Å²) in [5.41, 5.74) is 8.30. The molecule has 3 aromatic carbocycles. The van der Waals surface area contributed by atoms with Gasteiger partial charge in [-0.3, -0.25) is 4.79 Å². The van der Waals surface area contributed by atoms with Crippen LogP contribution in [0.5, 0.6) is 5.75 Å². The van der Waals surface area contributed by atoms with E-state index in [4.69, 9.17) is 5.73 Å². The largest absolute Gasteiger partial charge is 0.543 e. The number of carbonyl (C=O) groups excluding carboxylic acids is 2. The van der Waals surface area contributed by atoms with Crippen molar-refractivity contribution in [1.82, 2.24) is 10.0 Å². The number of carboxylic acids is 1. The molecule has 0 aliphatic carbocycles. The molecule has 1 amide bonds. The van der Waals surface area contributed by atoms with Gasteiger partial charge < -0.3 is 25.7 Å². The van der Waals surface area contributed by atoms with Crippen LogP contribution in [0.1, 0.15) is 29.5 Å². The molecule has 39 heavy (non-hydrogen) atoms. The number of ether oxygens (including phenoxy) is 1. The van der Waals surface area contributed by atoms with E-state index in [-0.39, 0.29) is 22.8 Å². The fourth-order valence-corrected chi connectivity index (χ4v) is 5.02. The van der Waals surface area contributed by atoms with Crippen LogP contribution in [-0.2, 0) is 32.5 Å². The molecule has 208 valence electrons. The zero-order valence-corrected chi connectivity index (χ0v) is 22.2. The maximum Gasteiger partial charge on any atom is 0.278 e. The number of sulfonamides is 1. The Bertz CT molecular complexity index is 1370. The summed E-state index contributed by atoms with van der Waals surface area (Å²) in [7, 11) is -4.04. The monoisotopic (exact) mass is 556 g/mol. The molecule has 0 aliphatic rings. The second-order valence-electron chi connectivity index (χ2n) is 9.05. The summed E-state index contributed by atoms with van der Waals surface area (Å²) in [6.07, 6.45) is -0.403. The van der Waals surface area contributed by atoms with Crippen molar-refractivity contribution in [3.05, 3.63) is 89.5 Å². The lowest BCUT2D eigenvalue weighted by Crippen LogP contribution is -2.48. The standard InChI is InChI=1S/C28H32FN3O6S/c1-19-10-13-22(14-11-19)39(36,37)32-24(27(33)31-16-6-5-9-20-7-3-2-4-8-20)18-21-12-15-25(23(30)17-21)38-26(29)28(34)35/h2-4,7-8,10-15,17,24,26,32H,5-6,9,16,18,30H2,1H3,(H,31,33)(H,34,35)/p-1. The summed E-state index contributed by atoms with van der Waals surface area (Å²) in [5.74, 6) is -2.80.